The maximum Gasteiger partial charge on any atom is 0.262 e. The lowest BCUT2D eigenvalue weighted by Gasteiger charge is -2.16. The first-order valence-corrected chi connectivity index (χ1v) is 8.52. The van der Waals surface area contributed by atoms with E-state index in [2.05, 4.69) is 19.2 Å². The van der Waals surface area contributed by atoms with Gasteiger partial charge in [0.25, 0.3) is 5.91 Å². The van der Waals surface area contributed by atoms with E-state index in [4.69, 9.17) is 27.9 Å². The predicted octanol–water partition coefficient (Wildman–Crippen LogP) is 5.75. The van der Waals surface area contributed by atoms with E-state index in [9.17, 15) is 4.79 Å². The Kier molecular flexibility index (Phi) is 6.14. The fourth-order valence-electron chi connectivity index (χ4n) is 2.31. The molecule has 0 aromatic heterocycles. The molecule has 0 unspecified atom stereocenters. The van der Waals surface area contributed by atoms with Gasteiger partial charge in [0.15, 0.2) is 6.61 Å². The number of anilines is 1. The molecule has 0 saturated heterocycles. The number of carbonyl (C=O) groups is 1. The molecule has 128 valence electrons. The SMILES string of the molecule is Cc1cc(OCC(=O)Nc2cc(Cl)ccc2C)c(C(C)C)cc1Cl. The van der Waals surface area contributed by atoms with Gasteiger partial charge in [-0.25, -0.2) is 0 Å². The molecule has 0 fully saturated rings. The van der Waals surface area contributed by atoms with Crippen LogP contribution in [-0.4, -0.2) is 12.5 Å². The van der Waals surface area contributed by atoms with Gasteiger partial charge in [0.05, 0.1) is 0 Å². The first-order chi connectivity index (χ1) is 11.3. The van der Waals surface area contributed by atoms with Crippen LogP contribution in [0.3, 0.4) is 0 Å². The zero-order valence-corrected chi connectivity index (χ0v) is 15.8. The van der Waals surface area contributed by atoms with Gasteiger partial charge in [-0.1, -0.05) is 43.1 Å². The van der Waals surface area contributed by atoms with E-state index in [1.165, 1.54) is 0 Å². The summed E-state index contributed by atoms with van der Waals surface area (Å²) in [6.07, 6.45) is 0. The molecule has 0 radical (unpaired) electrons. The second kappa shape index (κ2) is 7.91. The quantitative estimate of drug-likeness (QED) is 0.732. The smallest absolute Gasteiger partial charge is 0.262 e. The average molecular weight is 366 g/mol. The second-order valence-electron chi connectivity index (χ2n) is 6.09. The van der Waals surface area contributed by atoms with Crippen LogP contribution >= 0.6 is 23.2 Å². The van der Waals surface area contributed by atoms with Gasteiger partial charge in [-0.05, 0) is 60.7 Å². The van der Waals surface area contributed by atoms with Crippen LogP contribution in [0.1, 0.15) is 36.5 Å². The molecule has 0 heterocycles. The Labute approximate surface area is 152 Å². The lowest BCUT2D eigenvalue weighted by Crippen LogP contribution is -2.21. The summed E-state index contributed by atoms with van der Waals surface area (Å²) in [4.78, 5) is 12.2. The molecule has 5 heteroatoms. The van der Waals surface area contributed by atoms with E-state index in [1.54, 1.807) is 12.1 Å². The van der Waals surface area contributed by atoms with E-state index >= 15 is 0 Å². The van der Waals surface area contributed by atoms with Crippen molar-refractivity contribution in [1.29, 1.82) is 0 Å². The largest absolute Gasteiger partial charge is 0.483 e. The Balaban J connectivity index is 2.09. The Hall–Kier alpha value is -1.71. The highest BCUT2D eigenvalue weighted by atomic mass is 35.5. The highest BCUT2D eigenvalue weighted by Gasteiger charge is 2.13. The first kappa shape index (κ1) is 18.6. The zero-order chi connectivity index (χ0) is 17.9. The summed E-state index contributed by atoms with van der Waals surface area (Å²) in [5, 5.41) is 4.10. The molecule has 2 aromatic rings. The summed E-state index contributed by atoms with van der Waals surface area (Å²) in [5.74, 6) is 0.698. The van der Waals surface area contributed by atoms with Crippen molar-refractivity contribution in [3.05, 3.63) is 57.1 Å². The number of hydrogen-bond donors (Lipinski definition) is 1. The van der Waals surface area contributed by atoms with Crippen LogP contribution in [-0.2, 0) is 4.79 Å². The van der Waals surface area contributed by atoms with Crippen molar-refractivity contribution in [1.82, 2.24) is 0 Å². The highest BCUT2D eigenvalue weighted by molar-refractivity contribution is 6.31. The number of amides is 1. The number of halogens is 2. The minimum absolute atomic E-state index is 0.0766. The van der Waals surface area contributed by atoms with Crippen LogP contribution in [0.5, 0.6) is 5.75 Å². The fourth-order valence-corrected chi connectivity index (χ4v) is 2.65. The molecular formula is C19H21Cl2NO2. The lowest BCUT2D eigenvalue weighted by molar-refractivity contribution is -0.118. The van der Waals surface area contributed by atoms with Crippen molar-refractivity contribution in [3.8, 4) is 5.75 Å². The average Bonchev–Trinajstić information content (AvgIpc) is 2.51. The van der Waals surface area contributed by atoms with Gasteiger partial charge < -0.3 is 10.1 Å². The summed E-state index contributed by atoms with van der Waals surface area (Å²) < 4.78 is 5.73. The topological polar surface area (TPSA) is 38.3 Å². The van der Waals surface area contributed by atoms with E-state index in [0.29, 0.717) is 21.5 Å². The van der Waals surface area contributed by atoms with Crippen molar-refractivity contribution in [3.63, 3.8) is 0 Å². The Morgan fingerprint density at radius 2 is 1.83 bits per heavy atom. The van der Waals surface area contributed by atoms with Gasteiger partial charge in [0, 0.05) is 15.7 Å². The third-order valence-corrected chi connectivity index (χ3v) is 4.39. The van der Waals surface area contributed by atoms with Crippen molar-refractivity contribution in [2.75, 3.05) is 11.9 Å². The Morgan fingerprint density at radius 1 is 1.12 bits per heavy atom. The highest BCUT2D eigenvalue weighted by Crippen LogP contribution is 2.32. The van der Waals surface area contributed by atoms with E-state index in [1.807, 2.05) is 32.0 Å². The van der Waals surface area contributed by atoms with Gasteiger partial charge in [-0.2, -0.15) is 0 Å². The second-order valence-corrected chi connectivity index (χ2v) is 6.93. The van der Waals surface area contributed by atoms with Crippen LogP contribution in [0.15, 0.2) is 30.3 Å². The number of hydrogen-bond acceptors (Lipinski definition) is 2. The molecule has 1 N–H and O–H groups in total. The minimum atomic E-state index is -0.234. The number of carbonyl (C=O) groups excluding carboxylic acids is 1. The molecule has 0 aliphatic carbocycles. The molecule has 1 amide bonds. The van der Waals surface area contributed by atoms with Crippen molar-refractivity contribution in [2.24, 2.45) is 0 Å². The molecule has 2 aromatic carbocycles. The fraction of sp³-hybridized carbons (Fsp3) is 0.316. The van der Waals surface area contributed by atoms with Crippen molar-refractivity contribution >= 4 is 34.8 Å². The van der Waals surface area contributed by atoms with E-state index in [-0.39, 0.29) is 18.4 Å². The summed E-state index contributed by atoms with van der Waals surface area (Å²) in [6.45, 7) is 7.86. The van der Waals surface area contributed by atoms with Gasteiger partial charge in [-0.15, -0.1) is 0 Å². The van der Waals surface area contributed by atoms with Gasteiger partial charge in [0.2, 0.25) is 0 Å². The number of ether oxygens (including phenoxy) is 1. The molecular weight excluding hydrogens is 345 g/mol. The van der Waals surface area contributed by atoms with Crippen molar-refractivity contribution < 1.29 is 9.53 Å². The number of nitrogens with one attached hydrogen (secondary N) is 1. The van der Waals surface area contributed by atoms with Gasteiger partial charge >= 0.3 is 0 Å². The van der Waals surface area contributed by atoms with Gasteiger partial charge in [0.1, 0.15) is 5.75 Å². The summed E-state index contributed by atoms with van der Waals surface area (Å²) >= 11 is 12.2. The van der Waals surface area contributed by atoms with Crippen LogP contribution < -0.4 is 10.1 Å². The Morgan fingerprint density at radius 3 is 2.50 bits per heavy atom. The number of aryl methyl sites for hydroxylation is 2. The summed E-state index contributed by atoms with van der Waals surface area (Å²) in [7, 11) is 0. The molecule has 3 nitrogen and oxygen atoms in total. The molecule has 0 aliphatic heterocycles. The van der Waals surface area contributed by atoms with Crippen LogP contribution in [0.2, 0.25) is 10.0 Å². The number of benzene rings is 2. The minimum Gasteiger partial charge on any atom is -0.483 e. The maximum absolute atomic E-state index is 12.2. The van der Waals surface area contributed by atoms with Crippen LogP contribution in [0.4, 0.5) is 5.69 Å². The van der Waals surface area contributed by atoms with Crippen molar-refractivity contribution in [2.45, 2.75) is 33.6 Å². The monoisotopic (exact) mass is 365 g/mol. The van der Waals surface area contributed by atoms with E-state index < -0.39 is 0 Å². The molecule has 0 bridgehead atoms. The number of rotatable bonds is 5. The normalized spacial score (nSPS) is 10.8. The third kappa shape index (κ3) is 4.65. The predicted molar refractivity (Wildman–Crippen MR) is 101 cm³/mol. The van der Waals surface area contributed by atoms with Crippen LogP contribution in [0.25, 0.3) is 0 Å². The van der Waals surface area contributed by atoms with E-state index in [0.717, 1.165) is 16.7 Å². The Bertz CT molecular complexity index is 757. The molecule has 0 spiro atoms. The third-order valence-electron chi connectivity index (χ3n) is 3.75. The standard InChI is InChI=1S/C19H21Cl2NO2/c1-11(2)15-9-16(21)13(4)7-18(15)24-10-19(23)22-17-8-14(20)6-5-12(17)3/h5-9,11H,10H2,1-4H3,(H,22,23). The molecule has 0 saturated carbocycles. The molecule has 0 aliphatic rings. The molecule has 0 atom stereocenters. The lowest BCUT2D eigenvalue weighted by atomic mass is 10.0. The molecule has 24 heavy (non-hydrogen) atoms. The zero-order valence-electron chi connectivity index (χ0n) is 14.2. The summed E-state index contributed by atoms with van der Waals surface area (Å²) in [6, 6.07) is 9.14. The summed E-state index contributed by atoms with van der Waals surface area (Å²) in [5.41, 5.74) is 3.53. The maximum atomic E-state index is 12.2. The van der Waals surface area contributed by atoms with Gasteiger partial charge in [-0.3, -0.25) is 4.79 Å². The van der Waals surface area contributed by atoms with Crippen LogP contribution in [0, 0.1) is 13.8 Å². The first-order valence-electron chi connectivity index (χ1n) is 7.76. The molecule has 2 rings (SSSR count).